The Morgan fingerprint density at radius 2 is 1.67 bits per heavy atom. The molecule has 1 aromatic carbocycles. The number of rotatable bonds is 1. The van der Waals surface area contributed by atoms with Crippen LogP contribution in [0.2, 0.25) is 15.1 Å². The highest BCUT2D eigenvalue weighted by Crippen LogP contribution is 2.30. The third kappa shape index (κ3) is 2.03. The van der Waals surface area contributed by atoms with Crippen molar-refractivity contribution in [3.8, 4) is 0 Å². The maximum Gasteiger partial charge on any atom is 0.0778 e. The fourth-order valence-corrected chi connectivity index (χ4v) is 1.33. The van der Waals surface area contributed by atoms with Crippen LogP contribution in [0.15, 0.2) is 17.3 Å². The van der Waals surface area contributed by atoms with E-state index in [0.29, 0.717) is 20.6 Å². The second-order valence-corrected chi connectivity index (χ2v) is 3.24. The minimum Gasteiger partial charge on any atom is -0.411 e. The van der Waals surface area contributed by atoms with Crippen LogP contribution in [0.4, 0.5) is 0 Å². The summed E-state index contributed by atoms with van der Waals surface area (Å²) in [4.78, 5) is 0. The predicted molar refractivity (Wildman–Crippen MR) is 50.9 cm³/mol. The Morgan fingerprint density at radius 1 is 1.17 bits per heavy atom. The minimum atomic E-state index is 0.299. The van der Waals surface area contributed by atoms with Gasteiger partial charge in [0, 0.05) is 0 Å². The zero-order chi connectivity index (χ0) is 9.14. The van der Waals surface area contributed by atoms with Gasteiger partial charge in [0.1, 0.15) is 0 Å². The Labute approximate surface area is 84.3 Å². The average Bonchev–Trinajstić information content (AvgIpc) is 2.01. The van der Waals surface area contributed by atoms with E-state index in [-0.39, 0.29) is 0 Å². The molecule has 1 N–H and O–H groups in total. The monoisotopic (exact) mass is 223 g/mol. The Hall–Kier alpha value is -0.440. The summed E-state index contributed by atoms with van der Waals surface area (Å²) >= 11 is 17.1. The highest BCUT2D eigenvalue weighted by molar-refractivity contribution is 6.48. The van der Waals surface area contributed by atoms with E-state index in [0.717, 1.165) is 0 Å². The molecule has 0 heterocycles. The fraction of sp³-hybridized carbons (Fsp3) is 0. The lowest BCUT2D eigenvalue weighted by Crippen LogP contribution is -1.82. The zero-order valence-electron chi connectivity index (χ0n) is 5.76. The lowest BCUT2D eigenvalue weighted by atomic mass is 10.2. The molecule has 0 spiro atoms. The first-order valence-electron chi connectivity index (χ1n) is 2.97. The van der Waals surface area contributed by atoms with E-state index in [1.807, 2.05) is 0 Å². The molecule has 0 aliphatic heterocycles. The summed E-state index contributed by atoms with van der Waals surface area (Å²) < 4.78 is 0. The van der Waals surface area contributed by atoms with Crippen molar-refractivity contribution in [2.24, 2.45) is 5.16 Å². The molecule has 0 fully saturated rings. The van der Waals surface area contributed by atoms with Crippen LogP contribution in [-0.2, 0) is 0 Å². The molecule has 0 saturated carbocycles. The maximum absolute atomic E-state index is 8.22. The van der Waals surface area contributed by atoms with Gasteiger partial charge in [-0.15, -0.1) is 0 Å². The fourth-order valence-electron chi connectivity index (χ4n) is 0.716. The molecule has 1 aromatic rings. The van der Waals surface area contributed by atoms with Crippen LogP contribution in [0.1, 0.15) is 5.56 Å². The molecule has 0 amide bonds. The van der Waals surface area contributed by atoms with Crippen molar-refractivity contribution in [1.82, 2.24) is 0 Å². The summed E-state index contributed by atoms with van der Waals surface area (Å²) in [5.41, 5.74) is 0.594. The molecule has 0 bridgehead atoms. The van der Waals surface area contributed by atoms with Gasteiger partial charge in [0.15, 0.2) is 0 Å². The molecule has 0 atom stereocenters. The molecule has 12 heavy (non-hydrogen) atoms. The molecule has 5 heteroatoms. The molecule has 0 unspecified atom stereocenters. The Kier molecular flexibility index (Phi) is 3.20. The first-order chi connectivity index (χ1) is 5.65. The van der Waals surface area contributed by atoms with Gasteiger partial charge in [-0.3, -0.25) is 0 Å². The van der Waals surface area contributed by atoms with Crippen LogP contribution in [0, 0.1) is 0 Å². The van der Waals surface area contributed by atoms with Gasteiger partial charge in [-0.05, 0) is 17.7 Å². The minimum absolute atomic E-state index is 0.299. The summed E-state index contributed by atoms with van der Waals surface area (Å²) in [6, 6.07) is 3.10. The summed E-state index contributed by atoms with van der Waals surface area (Å²) in [7, 11) is 0. The molecule has 0 aromatic heterocycles. The van der Waals surface area contributed by atoms with E-state index >= 15 is 0 Å². The van der Waals surface area contributed by atoms with Gasteiger partial charge in [-0.2, -0.15) is 0 Å². The SMILES string of the molecule is O/N=C/c1cc(Cl)c(Cl)c(Cl)c1. The van der Waals surface area contributed by atoms with Crippen LogP contribution in [0.3, 0.4) is 0 Å². The third-order valence-corrected chi connectivity index (χ3v) is 2.41. The molecule has 1 rings (SSSR count). The van der Waals surface area contributed by atoms with E-state index in [2.05, 4.69) is 5.16 Å². The Bertz CT molecular complexity index is 301. The average molecular weight is 224 g/mol. The van der Waals surface area contributed by atoms with Crippen molar-refractivity contribution in [3.05, 3.63) is 32.8 Å². The van der Waals surface area contributed by atoms with Crippen molar-refractivity contribution in [1.29, 1.82) is 0 Å². The van der Waals surface area contributed by atoms with E-state index in [1.54, 1.807) is 12.1 Å². The van der Waals surface area contributed by atoms with Crippen molar-refractivity contribution in [2.75, 3.05) is 0 Å². The van der Waals surface area contributed by atoms with E-state index in [9.17, 15) is 0 Å². The molecular formula is C7H4Cl3NO. The Balaban J connectivity index is 3.21. The van der Waals surface area contributed by atoms with Gasteiger partial charge >= 0.3 is 0 Å². The van der Waals surface area contributed by atoms with E-state index < -0.39 is 0 Å². The van der Waals surface area contributed by atoms with E-state index in [4.69, 9.17) is 40.0 Å². The standard InChI is InChI=1S/C7H4Cl3NO/c8-5-1-4(3-11-12)2-6(9)7(5)10/h1-3,12H/b11-3+. The van der Waals surface area contributed by atoms with Crippen molar-refractivity contribution >= 4 is 41.0 Å². The van der Waals surface area contributed by atoms with Crippen LogP contribution >= 0.6 is 34.8 Å². The highest BCUT2D eigenvalue weighted by Gasteiger charge is 2.04. The third-order valence-electron chi connectivity index (χ3n) is 1.21. The largest absolute Gasteiger partial charge is 0.411 e. The quantitative estimate of drug-likeness (QED) is 0.337. The van der Waals surface area contributed by atoms with Gasteiger partial charge < -0.3 is 5.21 Å². The number of hydrogen-bond donors (Lipinski definition) is 1. The Morgan fingerprint density at radius 3 is 2.08 bits per heavy atom. The first kappa shape index (κ1) is 9.65. The maximum atomic E-state index is 8.22. The first-order valence-corrected chi connectivity index (χ1v) is 4.10. The number of benzene rings is 1. The van der Waals surface area contributed by atoms with Crippen LogP contribution < -0.4 is 0 Å². The topological polar surface area (TPSA) is 32.6 Å². The molecular weight excluding hydrogens is 220 g/mol. The smallest absolute Gasteiger partial charge is 0.0778 e. The number of nitrogens with zero attached hydrogens (tertiary/aromatic N) is 1. The van der Waals surface area contributed by atoms with Crippen molar-refractivity contribution in [2.45, 2.75) is 0 Å². The molecule has 64 valence electrons. The van der Waals surface area contributed by atoms with Crippen LogP contribution in [0.25, 0.3) is 0 Å². The predicted octanol–water partition coefficient (Wildman–Crippen LogP) is 3.45. The molecule has 0 aliphatic rings. The number of hydrogen-bond acceptors (Lipinski definition) is 2. The second kappa shape index (κ2) is 3.99. The van der Waals surface area contributed by atoms with Crippen molar-refractivity contribution in [3.63, 3.8) is 0 Å². The van der Waals surface area contributed by atoms with Gasteiger partial charge in [0.05, 0.1) is 21.3 Å². The second-order valence-electron chi connectivity index (χ2n) is 2.04. The van der Waals surface area contributed by atoms with Crippen LogP contribution in [0.5, 0.6) is 0 Å². The molecule has 0 radical (unpaired) electrons. The summed E-state index contributed by atoms with van der Waals surface area (Å²) in [6.07, 6.45) is 1.22. The number of halogens is 3. The van der Waals surface area contributed by atoms with Gasteiger partial charge in [0.25, 0.3) is 0 Å². The van der Waals surface area contributed by atoms with Crippen molar-refractivity contribution < 1.29 is 5.21 Å². The molecule has 0 aliphatic carbocycles. The van der Waals surface area contributed by atoms with Crippen LogP contribution in [-0.4, -0.2) is 11.4 Å². The van der Waals surface area contributed by atoms with Gasteiger partial charge in [-0.25, -0.2) is 0 Å². The lowest BCUT2D eigenvalue weighted by molar-refractivity contribution is 0.322. The van der Waals surface area contributed by atoms with Gasteiger partial charge in [-0.1, -0.05) is 40.0 Å². The number of oxime groups is 1. The zero-order valence-corrected chi connectivity index (χ0v) is 8.03. The highest BCUT2D eigenvalue weighted by atomic mass is 35.5. The van der Waals surface area contributed by atoms with Gasteiger partial charge in [0.2, 0.25) is 0 Å². The normalized spacial score (nSPS) is 10.9. The summed E-state index contributed by atoms with van der Waals surface area (Å²) in [5, 5.41) is 12.0. The molecule has 0 saturated heterocycles. The summed E-state index contributed by atoms with van der Waals surface area (Å²) in [5.74, 6) is 0. The summed E-state index contributed by atoms with van der Waals surface area (Å²) in [6.45, 7) is 0. The molecule has 2 nitrogen and oxygen atoms in total. The lowest BCUT2D eigenvalue weighted by Gasteiger charge is -1.99. The van der Waals surface area contributed by atoms with E-state index in [1.165, 1.54) is 6.21 Å².